The minimum atomic E-state index is 0.252. The lowest BCUT2D eigenvalue weighted by Gasteiger charge is -2.44. The molecule has 2 aromatic heterocycles. The lowest BCUT2D eigenvalue weighted by molar-refractivity contribution is -0.0103. The van der Waals surface area contributed by atoms with E-state index in [1.54, 1.807) is 6.20 Å². The van der Waals surface area contributed by atoms with Crippen LogP contribution in [0.15, 0.2) is 22.9 Å². The second-order valence-corrected chi connectivity index (χ2v) is 6.66. The van der Waals surface area contributed by atoms with Crippen molar-refractivity contribution in [3.05, 3.63) is 29.0 Å². The predicted octanol–water partition coefficient (Wildman–Crippen LogP) is -0.0237. The largest absolute Gasteiger partial charge is 0.472 e. The SMILES string of the molecule is C1=c2cnoc2=CCN1c1ccc(O[C@H]2CN3CCC2CC3)nn1. The van der Waals surface area contributed by atoms with Gasteiger partial charge in [-0.05, 0) is 44.0 Å². The van der Waals surface area contributed by atoms with Gasteiger partial charge in [-0.25, -0.2) is 0 Å². The van der Waals surface area contributed by atoms with E-state index in [9.17, 15) is 0 Å². The van der Waals surface area contributed by atoms with Crippen LogP contribution in [0.2, 0.25) is 0 Å². The van der Waals surface area contributed by atoms with Crippen molar-refractivity contribution in [1.82, 2.24) is 20.3 Å². The van der Waals surface area contributed by atoms with Crippen molar-refractivity contribution in [1.29, 1.82) is 0 Å². The van der Waals surface area contributed by atoms with Crippen LogP contribution in [0.25, 0.3) is 12.3 Å². The van der Waals surface area contributed by atoms with Crippen LogP contribution in [0.4, 0.5) is 5.82 Å². The van der Waals surface area contributed by atoms with Gasteiger partial charge in [0.2, 0.25) is 5.88 Å². The first-order valence-corrected chi connectivity index (χ1v) is 8.47. The smallest absolute Gasteiger partial charge is 0.233 e. The Labute approximate surface area is 139 Å². The Hall–Kier alpha value is -2.41. The maximum atomic E-state index is 6.10. The zero-order chi connectivity index (χ0) is 15.9. The summed E-state index contributed by atoms with van der Waals surface area (Å²) in [4.78, 5) is 4.49. The van der Waals surface area contributed by atoms with Crippen molar-refractivity contribution in [2.24, 2.45) is 5.92 Å². The fourth-order valence-electron chi connectivity index (χ4n) is 3.80. The molecule has 7 nitrogen and oxygen atoms in total. The van der Waals surface area contributed by atoms with Gasteiger partial charge in [0.1, 0.15) is 6.10 Å². The topological polar surface area (TPSA) is 67.5 Å². The molecule has 0 saturated carbocycles. The number of ether oxygens (including phenoxy) is 1. The van der Waals surface area contributed by atoms with Gasteiger partial charge in [0, 0.05) is 25.4 Å². The highest BCUT2D eigenvalue weighted by atomic mass is 16.5. The van der Waals surface area contributed by atoms with E-state index in [2.05, 4.69) is 20.3 Å². The molecular weight excluding hydrogens is 306 g/mol. The molecule has 0 spiro atoms. The van der Waals surface area contributed by atoms with E-state index in [1.165, 1.54) is 25.9 Å². The van der Waals surface area contributed by atoms with Crippen LogP contribution in [0.1, 0.15) is 12.8 Å². The van der Waals surface area contributed by atoms with E-state index >= 15 is 0 Å². The summed E-state index contributed by atoms with van der Waals surface area (Å²) >= 11 is 0. The summed E-state index contributed by atoms with van der Waals surface area (Å²) in [6.45, 7) is 4.12. The minimum absolute atomic E-state index is 0.252. The van der Waals surface area contributed by atoms with Crippen molar-refractivity contribution in [2.75, 3.05) is 31.1 Å². The summed E-state index contributed by atoms with van der Waals surface area (Å²) in [6.07, 6.45) is 8.38. The van der Waals surface area contributed by atoms with E-state index in [0.717, 1.165) is 23.0 Å². The molecule has 24 heavy (non-hydrogen) atoms. The molecule has 0 radical (unpaired) electrons. The van der Waals surface area contributed by atoms with Crippen molar-refractivity contribution >= 4 is 18.1 Å². The maximum absolute atomic E-state index is 6.10. The molecule has 0 aliphatic carbocycles. The first-order valence-electron chi connectivity index (χ1n) is 8.47. The first-order chi connectivity index (χ1) is 11.8. The number of anilines is 1. The molecular formula is C17H19N5O2. The maximum Gasteiger partial charge on any atom is 0.233 e. The fourth-order valence-corrected chi connectivity index (χ4v) is 3.80. The van der Waals surface area contributed by atoms with Crippen molar-refractivity contribution in [2.45, 2.75) is 18.9 Å². The monoisotopic (exact) mass is 325 g/mol. The molecule has 0 aromatic carbocycles. The third kappa shape index (κ3) is 2.45. The van der Waals surface area contributed by atoms with Gasteiger partial charge in [0.15, 0.2) is 11.2 Å². The summed E-state index contributed by atoms with van der Waals surface area (Å²) in [5, 5.41) is 13.4. The third-order valence-corrected chi connectivity index (χ3v) is 5.18. The summed E-state index contributed by atoms with van der Waals surface area (Å²) in [7, 11) is 0. The Kier molecular flexibility index (Phi) is 3.26. The Morgan fingerprint density at radius 2 is 2.08 bits per heavy atom. The molecule has 6 rings (SSSR count). The van der Waals surface area contributed by atoms with Gasteiger partial charge in [0.05, 0.1) is 11.4 Å². The highest BCUT2D eigenvalue weighted by molar-refractivity contribution is 5.59. The number of rotatable bonds is 3. The number of nitrogens with zero attached hydrogens (tertiary/aromatic N) is 5. The van der Waals surface area contributed by atoms with Gasteiger partial charge < -0.3 is 14.2 Å². The lowest BCUT2D eigenvalue weighted by atomic mass is 9.86. The number of piperidine rings is 3. The number of aromatic nitrogens is 3. The van der Waals surface area contributed by atoms with Crippen LogP contribution in [0.5, 0.6) is 5.88 Å². The van der Waals surface area contributed by atoms with Gasteiger partial charge in [-0.2, -0.15) is 0 Å². The summed E-state index contributed by atoms with van der Waals surface area (Å²) in [5.41, 5.74) is 0.807. The minimum Gasteiger partial charge on any atom is -0.472 e. The van der Waals surface area contributed by atoms with Gasteiger partial charge >= 0.3 is 0 Å². The molecule has 1 atom stereocenters. The number of hydrogen-bond acceptors (Lipinski definition) is 7. The molecule has 6 heterocycles. The molecule has 7 heteroatoms. The van der Waals surface area contributed by atoms with E-state index in [4.69, 9.17) is 9.26 Å². The third-order valence-electron chi connectivity index (χ3n) is 5.18. The van der Waals surface area contributed by atoms with Gasteiger partial charge in [-0.15, -0.1) is 10.2 Å². The normalized spacial score (nSPS) is 28.0. The Bertz CT molecular complexity index is 839. The zero-order valence-electron chi connectivity index (χ0n) is 13.3. The van der Waals surface area contributed by atoms with Crippen LogP contribution in [0.3, 0.4) is 0 Å². The summed E-state index contributed by atoms with van der Waals surface area (Å²) in [5.74, 6) is 2.07. The average molecular weight is 325 g/mol. The van der Waals surface area contributed by atoms with Crippen LogP contribution >= 0.6 is 0 Å². The van der Waals surface area contributed by atoms with Gasteiger partial charge in [0.25, 0.3) is 0 Å². The number of fused-ring (bicyclic) bond motifs is 4. The highest BCUT2D eigenvalue weighted by Gasteiger charge is 2.35. The van der Waals surface area contributed by atoms with Crippen LogP contribution < -0.4 is 20.3 Å². The zero-order valence-corrected chi connectivity index (χ0v) is 13.3. The van der Waals surface area contributed by atoms with E-state index in [0.29, 0.717) is 18.3 Å². The summed E-state index contributed by atoms with van der Waals surface area (Å²) < 4.78 is 11.2. The van der Waals surface area contributed by atoms with Crippen LogP contribution in [0, 0.1) is 5.92 Å². The van der Waals surface area contributed by atoms with Crippen LogP contribution in [-0.2, 0) is 0 Å². The van der Waals surface area contributed by atoms with Crippen molar-refractivity contribution in [3.63, 3.8) is 0 Å². The lowest BCUT2D eigenvalue weighted by Crippen LogP contribution is -2.52. The Balaban J connectivity index is 1.31. The van der Waals surface area contributed by atoms with Crippen LogP contribution in [-0.4, -0.2) is 52.5 Å². The highest BCUT2D eigenvalue weighted by Crippen LogP contribution is 2.30. The molecule has 4 aliphatic rings. The first kappa shape index (κ1) is 14.0. The molecule has 0 amide bonds. The molecule has 2 bridgehead atoms. The standard InChI is InChI=1S/C17H19N5O2/c1-2-17(23-15-11-21-6-3-12(15)4-7-21)20-19-16(1)22-8-5-14-13(10-22)9-18-24-14/h1-2,5,9-10,12,15H,3-4,6-8,11H2/t15-/m0/s1. The molecule has 3 fully saturated rings. The van der Waals surface area contributed by atoms with E-state index < -0.39 is 0 Å². The molecule has 2 aromatic rings. The number of hydrogen-bond donors (Lipinski definition) is 0. The second kappa shape index (κ2) is 5.59. The van der Waals surface area contributed by atoms with E-state index in [1.807, 2.05) is 29.3 Å². The Morgan fingerprint density at radius 1 is 1.17 bits per heavy atom. The quantitative estimate of drug-likeness (QED) is 0.785. The molecule has 3 saturated heterocycles. The Morgan fingerprint density at radius 3 is 2.83 bits per heavy atom. The fraction of sp³-hybridized carbons (Fsp3) is 0.471. The van der Waals surface area contributed by atoms with Crippen molar-refractivity contribution in [3.8, 4) is 5.88 Å². The predicted molar refractivity (Wildman–Crippen MR) is 87.6 cm³/mol. The van der Waals surface area contributed by atoms with Gasteiger partial charge in [-0.1, -0.05) is 5.16 Å². The molecule has 124 valence electrons. The van der Waals surface area contributed by atoms with Crippen molar-refractivity contribution < 1.29 is 9.26 Å². The average Bonchev–Trinajstić information content (AvgIpc) is 3.11. The van der Waals surface area contributed by atoms with Gasteiger partial charge in [-0.3, -0.25) is 4.90 Å². The van der Waals surface area contributed by atoms with E-state index in [-0.39, 0.29) is 6.10 Å². The second-order valence-electron chi connectivity index (χ2n) is 6.66. The molecule has 4 aliphatic heterocycles. The molecule has 0 unspecified atom stereocenters. The molecule has 0 N–H and O–H groups in total. The summed E-state index contributed by atoms with van der Waals surface area (Å²) in [6, 6.07) is 3.86.